The average molecular weight is 333 g/mol. The molecule has 0 aromatic heterocycles. The average Bonchev–Trinajstić information content (AvgIpc) is 3.14. The highest BCUT2D eigenvalue weighted by Crippen LogP contribution is 2.79. The molecule has 9 nitrogen and oxygen atoms in total. The molecule has 1 aliphatic carbocycles. The van der Waals surface area contributed by atoms with E-state index in [-0.39, 0.29) is 19.8 Å². The number of nitriles is 3. The molecule has 0 saturated heterocycles. The monoisotopic (exact) mass is 333 g/mol. The van der Waals surface area contributed by atoms with Crippen LogP contribution in [0.2, 0.25) is 0 Å². The third-order valence-corrected chi connectivity index (χ3v) is 3.87. The van der Waals surface area contributed by atoms with E-state index >= 15 is 0 Å². The minimum absolute atomic E-state index is 0.184. The zero-order valence-corrected chi connectivity index (χ0v) is 13.4. The van der Waals surface area contributed by atoms with Gasteiger partial charge in [0, 0.05) is 0 Å². The number of rotatable bonds is 6. The molecule has 9 heteroatoms. The quantitative estimate of drug-likeness (QED) is 0.491. The number of carbonyl (C=O) groups excluding carboxylic acids is 3. The summed E-state index contributed by atoms with van der Waals surface area (Å²) in [5.41, 5.74) is -7.96. The summed E-state index contributed by atoms with van der Waals surface area (Å²) in [5.74, 6) is -3.97. The highest BCUT2D eigenvalue weighted by atomic mass is 16.6. The first kappa shape index (κ1) is 18.9. The normalized spacial score (nSPS) is 30.0. The van der Waals surface area contributed by atoms with E-state index in [1.165, 1.54) is 39.0 Å². The second-order valence-electron chi connectivity index (χ2n) is 4.75. The molecular formula is C15H15N3O6. The molecule has 0 atom stereocenters. The van der Waals surface area contributed by atoms with Gasteiger partial charge in [-0.05, 0) is 20.8 Å². The van der Waals surface area contributed by atoms with Gasteiger partial charge in [-0.2, -0.15) is 15.8 Å². The van der Waals surface area contributed by atoms with Crippen molar-refractivity contribution >= 4 is 17.9 Å². The van der Waals surface area contributed by atoms with Crippen molar-refractivity contribution in [3.63, 3.8) is 0 Å². The highest BCUT2D eigenvalue weighted by Gasteiger charge is 3.03. The van der Waals surface area contributed by atoms with Crippen molar-refractivity contribution in [2.75, 3.05) is 19.8 Å². The molecule has 0 heterocycles. The summed E-state index contributed by atoms with van der Waals surface area (Å²) in [4.78, 5) is 37.1. The van der Waals surface area contributed by atoms with Gasteiger partial charge in [-0.1, -0.05) is 0 Å². The first-order valence-electron chi connectivity index (χ1n) is 7.13. The summed E-state index contributed by atoms with van der Waals surface area (Å²) < 4.78 is 14.3. The minimum Gasteiger partial charge on any atom is -0.465 e. The lowest BCUT2D eigenvalue weighted by atomic mass is 9.95. The zero-order chi connectivity index (χ0) is 18.6. The van der Waals surface area contributed by atoms with Crippen LogP contribution in [0.1, 0.15) is 20.8 Å². The summed E-state index contributed by atoms with van der Waals surface area (Å²) in [6.45, 7) is 3.75. The Morgan fingerprint density at radius 2 is 0.875 bits per heavy atom. The van der Waals surface area contributed by atoms with Crippen LogP contribution in [0, 0.1) is 50.2 Å². The molecule has 0 aromatic carbocycles. The van der Waals surface area contributed by atoms with Gasteiger partial charge in [0.2, 0.25) is 16.2 Å². The number of nitrogens with zero attached hydrogens (tertiary/aromatic N) is 3. The molecule has 0 N–H and O–H groups in total. The number of ether oxygens (including phenoxy) is 3. The smallest absolute Gasteiger partial charge is 0.331 e. The van der Waals surface area contributed by atoms with Crippen LogP contribution in [-0.4, -0.2) is 37.7 Å². The first-order valence-corrected chi connectivity index (χ1v) is 7.13. The molecule has 0 aromatic rings. The Hall–Kier alpha value is -3.12. The number of carbonyl (C=O) groups is 3. The largest absolute Gasteiger partial charge is 0.465 e. The lowest BCUT2D eigenvalue weighted by Crippen LogP contribution is -2.30. The van der Waals surface area contributed by atoms with E-state index in [9.17, 15) is 30.2 Å². The Kier molecular flexibility index (Phi) is 5.17. The van der Waals surface area contributed by atoms with E-state index in [1.807, 2.05) is 0 Å². The maximum absolute atomic E-state index is 12.4. The van der Waals surface area contributed by atoms with Crippen LogP contribution in [0.25, 0.3) is 0 Å². The summed E-state index contributed by atoms with van der Waals surface area (Å²) in [6, 6.07) is 4.43. The topological polar surface area (TPSA) is 150 Å². The molecule has 1 rings (SSSR count). The predicted molar refractivity (Wildman–Crippen MR) is 74.0 cm³/mol. The van der Waals surface area contributed by atoms with Crippen LogP contribution in [-0.2, 0) is 28.6 Å². The van der Waals surface area contributed by atoms with Crippen molar-refractivity contribution in [1.29, 1.82) is 15.8 Å². The fourth-order valence-corrected chi connectivity index (χ4v) is 2.84. The van der Waals surface area contributed by atoms with Gasteiger partial charge < -0.3 is 14.2 Å². The lowest BCUT2D eigenvalue weighted by molar-refractivity contribution is -0.155. The molecule has 1 fully saturated rings. The summed E-state index contributed by atoms with van der Waals surface area (Å²) in [7, 11) is 0. The third kappa shape index (κ3) is 1.80. The molecule has 24 heavy (non-hydrogen) atoms. The molecule has 1 saturated carbocycles. The van der Waals surface area contributed by atoms with Gasteiger partial charge in [0.25, 0.3) is 0 Å². The third-order valence-electron chi connectivity index (χ3n) is 3.87. The van der Waals surface area contributed by atoms with Crippen molar-refractivity contribution in [3.8, 4) is 18.2 Å². The van der Waals surface area contributed by atoms with Crippen LogP contribution >= 0.6 is 0 Å². The van der Waals surface area contributed by atoms with Gasteiger partial charge >= 0.3 is 17.9 Å². The van der Waals surface area contributed by atoms with Gasteiger partial charge in [0.15, 0.2) is 0 Å². The molecule has 0 aliphatic heterocycles. The molecule has 0 radical (unpaired) electrons. The fraction of sp³-hybridized carbons (Fsp3) is 0.600. The minimum atomic E-state index is -2.65. The maximum Gasteiger partial charge on any atom is 0.331 e. The second kappa shape index (κ2) is 6.55. The molecule has 1 aliphatic rings. The number of hydrogen-bond acceptors (Lipinski definition) is 9. The van der Waals surface area contributed by atoms with Gasteiger partial charge in [0.1, 0.15) is 0 Å². The lowest BCUT2D eigenvalue weighted by Gasteiger charge is -2.10. The second-order valence-corrected chi connectivity index (χ2v) is 4.75. The Morgan fingerprint density at radius 3 is 1.00 bits per heavy atom. The molecule has 0 spiro atoms. The molecular weight excluding hydrogens is 318 g/mol. The first-order chi connectivity index (χ1) is 11.4. The van der Waals surface area contributed by atoms with E-state index in [0.717, 1.165) is 0 Å². The van der Waals surface area contributed by atoms with Gasteiger partial charge in [-0.25, -0.2) is 0 Å². The van der Waals surface area contributed by atoms with Crippen LogP contribution in [0.15, 0.2) is 0 Å². The van der Waals surface area contributed by atoms with E-state index in [1.54, 1.807) is 0 Å². The van der Waals surface area contributed by atoms with Crippen LogP contribution < -0.4 is 0 Å². The maximum atomic E-state index is 12.4. The SMILES string of the molecule is CCOC(=O)C1(C#N)C(C#N)(C(=O)OCC)C1(C#N)C(=O)OCC. The number of esters is 3. The van der Waals surface area contributed by atoms with E-state index in [4.69, 9.17) is 14.2 Å². The summed E-state index contributed by atoms with van der Waals surface area (Å²) >= 11 is 0. The standard InChI is InChI=1S/C15H15N3O6/c1-4-22-10(19)13(7-16)14(8-17,11(20)23-5-2)15(13,9-18)12(21)24-6-3/h4-6H2,1-3H3. The van der Waals surface area contributed by atoms with Gasteiger partial charge in [-0.15, -0.1) is 0 Å². The molecule has 0 amide bonds. The molecule has 0 unspecified atom stereocenters. The Bertz CT molecular complexity index is 592. The summed E-state index contributed by atoms with van der Waals surface area (Å²) in [5, 5.41) is 28.7. The van der Waals surface area contributed by atoms with Gasteiger partial charge in [0.05, 0.1) is 38.0 Å². The van der Waals surface area contributed by atoms with Crippen molar-refractivity contribution in [1.82, 2.24) is 0 Å². The molecule has 126 valence electrons. The van der Waals surface area contributed by atoms with Crippen molar-refractivity contribution in [2.45, 2.75) is 20.8 Å². The zero-order valence-electron chi connectivity index (χ0n) is 13.4. The van der Waals surface area contributed by atoms with Crippen molar-refractivity contribution in [3.05, 3.63) is 0 Å². The fourth-order valence-electron chi connectivity index (χ4n) is 2.84. The van der Waals surface area contributed by atoms with E-state index in [0.29, 0.717) is 0 Å². The van der Waals surface area contributed by atoms with Crippen LogP contribution in [0.4, 0.5) is 0 Å². The van der Waals surface area contributed by atoms with E-state index < -0.39 is 34.2 Å². The summed E-state index contributed by atoms with van der Waals surface area (Å²) in [6.07, 6.45) is 0. The van der Waals surface area contributed by atoms with Crippen LogP contribution in [0.3, 0.4) is 0 Å². The Labute approximate surface area is 138 Å². The van der Waals surface area contributed by atoms with Crippen molar-refractivity contribution in [2.24, 2.45) is 16.2 Å². The number of hydrogen-bond donors (Lipinski definition) is 0. The molecule has 0 bridgehead atoms. The van der Waals surface area contributed by atoms with Crippen molar-refractivity contribution < 1.29 is 28.6 Å². The Balaban J connectivity index is 3.75. The van der Waals surface area contributed by atoms with Gasteiger partial charge in [-0.3, -0.25) is 14.4 Å². The van der Waals surface area contributed by atoms with Crippen LogP contribution in [0.5, 0.6) is 0 Å². The van der Waals surface area contributed by atoms with E-state index in [2.05, 4.69) is 0 Å². The predicted octanol–water partition coefficient (Wildman–Crippen LogP) is 0.219. The Morgan fingerprint density at radius 1 is 0.667 bits per heavy atom. The highest BCUT2D eigenvalue weighted by molar-refractivity contribution is 6.13.